The zero-order valence-electron chi connectivity index (χ0n) is 16.0. The highest BCUT2D eigenvalue weighted by molar-refractivity contribution is 7.80. The zero-order chi connectivity index (χ0) is 20.1. The van der Waals surface area contributed by atoms with Crippen LogP contribution in [0.25, 0.3) is 0 Å². The van der Waals surface area contributed by atoms with Gasteiger partial charge >= 0.3 is 0 Å². The molecule has 1 aromatic heterocycles. The minimum absolute atomic E-state index is 0.0207. The molecular weight excluding hydrogens is 382 g/mol. The average molecular weight is 406 g/mol. The van der Waals surface area contributed by atoms with E-state index in [-0.39, 0.29) is 11.9 Å². The van der Waals surface area contributed by atoms with E-state index >= 15 is 0 Å². The number of hydrogen-bond acceptors (Lipinski definition) is 3. The highest BCUT2D eigenvalue weighted by atomic mass is 32.1. The highest BCUT2D eigenvalue weighted by Crippen LogP contribution is 2.22. The molecule has 6 heteroatoms. The van der Waals surface area contributed by atoms with E-state index in [4.69, 9.17) is 16.6 Å². The molecule has 0 bridgehead atoms. The van der Waals surface area contributed by atoms with Gasteiger partial charge < -0.3 is 19.5 Å². The van der Waals surface area contributed by atoms with Crippen molar-refractivity contribution in [2.75, 3.05) is 26.2 Å². The Morgan fingerprint density at radius 2 is 1.38 bits per heavy atom. The summed E-state index contributed by atoms with van der Waals surface area (Å²) in [5.41, 5.74) is 2.32. The van der Waals surface area contributed by atoms with Gasteiger partial charge in [-0.25, -0.2) is 0 Å². The van der Waals surface area contributed by atoms with Gasteiger partial charge in [0, 0.05) is 26.2 Å². The molecule has 4 rings (SSSR count). The van der Waals surface area contributed by atoms with Crippen molar-refractivity contribution < 1.29 is 9.21 Å². The van der Waals surface area contributed by atoms with Gasteiger partial charge in [0.1, 0.15) is 0 Å². The minimum Gasteiger partial charge on any atom is -0.459 e. The van der Waals surface area contributed by atoms with Gasteiger partial charge in [0.15, 0.2) is 10.9 Å². The molecule has 1 N–H and O–H groups in total. The molecule has 1 saturated heterocycles. The molecule has 0 saturated carbocycles. The number of piperazine rings is 1. The maximum Gasteiger partial charge on any atom is 0.289 e. The van der Waals surface area contributed by atoms with Crippen molar-refractivity contribution in [3.8, 4) is 0 Å². The summed E-state index contributed by atoms with van der Waals surface area (Å²) in [6.07, 6.45) is 1.52. The molecule has 1 fully saturated rings. The Bertz CT molecular complexity index is 897. The van der Waals surface area contributed by atoms with Crippen molar-refractivity contribution >= 4 is 23.2 Å². The van der Waals surface area contributed by atoms with E-state index in [1.165, 1.54) is 6.26 Å². The number of carbonyl (C=O) groups excluding carboxylic acids is 1. The maximum atomic E-state index is 12.5. The Kier molecular flexibility index (Phi) is 5.91. The summed E-state index contributed by atoms with van der Waals surface area (Å²) < 4.78 is 5.23. The fourth-order valence-electron chi connectivity index (χ4n) is 3.53. The second-order valence-corrected chi connectivity index (χ2v) is 7.35. The van der Waals surface area contributed by atoms with Crippen molar-refractivity contribution in [1.29, 1.82) is 0 Å². The van der Waals surface area contributed by atoms with Gasteiger partial charge in [0.25, 0.3) is 5.91 Å². The van der Waals surface area contributed by atoms with Crippen molar-refractivity contribution in [2.24, 2.45) is 0 Å². The quantitative estimate of drug-likeness (QED) is 0.671. The fraction of sp³-hybridized carbons (Fsp3) is 0.217. The van der Waals surface area contributed by atoms with Crippen LogP contribution in [0.15, 0.2) is 83.5 Å². The van der Waals surface area contributed by atoms with Gasteiger partial charge in [-0.1, -0.05) is 60.7 Å². The summed E-state index contributed by atoms with van der Waals surface area (Å²) in [5.74, 6) is 0.312. The van der Waals surface area contributed by atoms with E-state index in [1.54, 1.807) is 12.1 Å². The molecule has 1 amide bonds. The first-order valence-electron chi connectivity index (χ1n) is 9.70. The highest BCUT2D eigenvalue weighted by Gasteiger charge is 2.26. The summed E-state index contributed by atoms with van der Waals surface area (Å²) in [7, 11) is 0. The standard InChI is InChI=1S/C23H23N3O2S/c27-22(20-12-7-17-28-20)25-13-15-26(16-14-25)23(29)24-21(18-8-3-1-4-9-18)19-10-5-2-6-11-19/h1-12,17,21H,13-16H2,(H,24,29). The van der Waals surface area contributed by atoms with E-state index in [9.17, 15) is 4.79 Å². The number of rotatable bonds is 4. The molecule has 29 heavy (non-hydrogen) atoms. The normalized spacial score (nSPS) is 14.1. The molecule has 2 aromatic carbocycles. The molecule has 2 heterocycles. The molecule has 5 nitrogen and oxygen atoms in total. The SMILES string of the molecule is O=C(c1ccco1)N1CCN(C(=S)NC(c2ccccc2)c2ccccc2)CC1. The van der Waals surface area contributed by atoms with Crippen LogP contribution < -0.4 is 5.32 Å². The third-order valence-corrected chi connectivity index (χ3v) is 5.50. The summed E-state index contributed by atoms with van der Waals surface area (Å²) in [6.45, 7) is 2.61. The summed E-state index contributed by atoms with van der Waals surface area (Å²) >= 11 is 5.73. The number of benzene rings is 2. The topological polar surface area (TPSA) is 48.7 Å². The van der Waals surface area contributed by atoms with Crippen molar-refractivity contribution in [3.05, 3.63) is 95.9 Å². The molecule has 0 atom stereocenters. The lowest BCUT2D eigenvalue weighted by molar-refractivity contribution is 0.0659. The van der Waals surface area contributed by atoms with Crippen LogP contribution in [0.2, 0.25) is 0 Å². The van der Waals surface area contributed by atoms with Gasteiger partial charge in [-0.05, 0) is 35.5 Å². The number of furan rings is 1. The first kappa shape index (κ1) is 19.2. The third kappa shape index (κ3) is 4.49. The van der Waals surface area contributed by atoms with E-state index < -0.39 is 0 Å². The molecule has 0 unspecified atom stereocenters. The second kappa shape index (κ2) is 8.92. The number of nitrogens with zero attached hydrogens (tertiary/aromatic N) is 2. The first-order chi connectivity index (χ1) is 14.2. The molecule has 1 aliphatic rings. The molecule has 148 valence electrons. The smallest absolute Gasteiger partial charge is 0.289 e. The lowest BCUT2D eigenvalue weighted by atomic mass is 9.99. The van der Waals surface area contributed by atoms with Crippen LogP contribution >= 0.6 is 12.2 Å². The van der Waals surface area contributed by atoms with E-state index in [1.807, 2.05) is 41.3 Å². The van der Waals surface area contributed by atoms with Crippen LogP contribution in [0.4, 0.5) is 0 Å². The number of amides is 1. The molecule has 1 aliphatic heterocycles. The van der Waals surface area contributed by atoms with Gasteiger partial charge in [-0.3, -0.25) is 4.79 Å². The van der Waals surface area contributed by atoms with Crippen LogP contribution in [0.1, 0.15) is 27.7 Å². The van der Waals surface area contributed by atoms with Crippen LogP contribution in [0.3, 0.4) is 0 Å². The Morgan fingerprint density at radius 1 is 0.828 bits per heavy atom. The molecule has 0 radical (unpaired) electrons. The number of hydrogen-bond donors (Lipinski definition) is 1. The lowest BCUT2D eigenvalue weighted by Crippen LogP contribution is -2.53. The number of thiocarbonyl (C=S) groups is 1. The molecule has 3 aromatic rings. The monoisotopic (exact) mass is 405 g/mol. The van der Waals surface area contributed by atoms with E-state index in [0.717, 1.165) is 11.1 Å². The average Bonchev–Trinajstić information content (AvgIpc) is 3.33. The largest absolute Gasteiger partial charge is 0.459 e. The molecule has 0 aliphatic carbocycles. The maximum absolute atomic E-state index is 12.5. The number of carbonyl (C=O) groups is 1. The first-order valence-corrected chi connectivity index (χ1v) is 10.1. The van der Waals surface area contributed by atoms with Gasteiger partial charge in [0.05, 0.1) is 12.3 Å². The molecule has 0 spiro atoms. The van der Waals surface area contributed by atoms with Crippen molar-refractivity contribution in [2.45, 2.75) is 6.04 Å². The summed E-state index contributed by atoms with van der Waals surface area (Å²) in [4.78, 5) is 16.4. The second-order valence-electron chi connectivity index (χ2n) is 6.96. The van der Waals surface area contributed by atoms with E-state index in [0.29, 0.717) is 37.1 Å². The Hall–Kier alpha value is -3.12. The van der Waals surface area contributed by atoms with Gasteiger partial charge in [0.2, 0.25) is 0 Å². The Morgan fingerprint density at radius 3 is 1.90 bits per heavy atom. The lowest BCUT2D eigenvalue weighted by Gasteiger charge is -2.37. The van der Waals surface area contributed by atoms with Crippen molar-refractivity contribution in [3.63, 3.8) is 0 Å². The predicted molar refractivity (Wildman–Crippen MR) is 117 cm³/mol. The van der Waals surface area contributed by atoms with E-state index in [2.05, 4.69) is 34.5 Å². The summed E-state index contributed by atoms with van der Waals surface area (Å²) in [5, 5.41) is 4.23. The van der Waals surface area contributed by atoms with Crippen LogP contribution in [0, 0.1) is 0 Å². The molecular formula is C23H23N3O2S. The van der Waals surface area contributed by atoms with Gasteiger partial charge in [-0.2, -0.15) is 0 Å². The minimum atomic E-state index is -0.0695. The fourth-order valence-corrected chi connectivity index (χ4v) is 3.83. The zero-order valence-corrected chi connectivity index (χ0v) is 16.8. The van der Waals surface area contributed by atoms with Crippen LogP contribution in [-0.4, -0.2) is 47.0 Å². The third-order valence-electron chi connectivity index (χ3n) is 5.12. The Balaban J connectivity index is 1.42. The predicted octanol–water partition coefficient (Wildman–Crippen LogP) is 3.70. The van der Waals surface area contributed by atoms with Gasteiger partial charge in [-0.15, -0.1) is 0 Å². The van der Waals surface area contributed by atoms with Crippen molar-refractivity contribution in [1.82, 2.24) is 15.1 Å². The summed E-state index contributed by atoms with van der Waals surface area (Å²) in [6, 6.07) is 24.0. The van der Waals surface area contributed by atoms with Crippen LogP contribution in [-0.2, 0) is 0 Å². The van der Waals surface area contributed by atoms with Crippen LogP contribution in [0.5, 0.6) is 0 Å². The number of nitrogens with one attached hydrogen (secondary N) is 1. The Labute approximate surface area is 175 Å².